The molecule has 1 aromatic rings. The van der Waals surface area contributed by atoms with Crippen molar-refractivity contribution in [3.05, 3.63) is 29.8 Å². The number of carboxylic acid groups (broad SMARTS) is 1. The van der Waals surface area contributed by atoms with Gasteiger partial charge in [0.1, 0.15) is 11.9 Å². The van der Waals surface area contributed by atoms with Gasteiger partial charge < -0.3 is 19.5 Å². The van der Waals surface area contributed by atoms with E-state index in [2.05, 4.69) is 0 Å². The van der Waals surface area contributed by atoms with Crippen molar-refractivity contribution in [2.24, 2.45) is 11.8 Å². The summed E-state index contributed by atoms with van der Waals surface area (Å²) in [6.07, 6.45) is -3.10. The minimum Gasteiger partial charge on any atom is -0.490 e. The molecular formula is C18H20F3NO5. The van der Waals surface area contributed by atoms with Crippen molar-refractivity contribution in [3.8, 4) is 5.75 Å². The number of carboxylic acids is 1. The molecule has 1 amide bonds. The molecule has 0 spiro atoms. The molecule has 9 heteroatoms. The van der Waals surface area contributed by atoms with Crippen LogP contribution < -0.4 is 4.74 Å². The fourth-order valence-electron chi connectivity index (χ4n) is 3.40. The monoisotopic (exact) mass is 387 g/mol. The van der Waals surface area contributed by atoms with Crippen molar-refractivity contribution in [2.75, 3.05) is 26.3 Å². The molecule has 6 nitrogen and oxygen atoms in total. The maximum Gasteiger partial charge on any atom is 0.394 e. The molecule has 2 saturated heterocycles. The Morgan fingerprint density at radius 2 is 1.74 bits per heavy atom. The number of likely N-dealkylation sites (tertiary alicyclic amines) is 1. The Hall–Kier alpha value is -2.29. The SMILES string of the molecule is O=C(O)[C@@H]1CN(C(=O)c2ccc(OC3CCOCC3)cc2)C[C@H]1C(F)(F)F. The van der Waals surface area contributed by atoms with Gasteiger partial charge in [-0.3, -0.25) is 9.59 Å². The van der Waals surface area contributed by atoms with Crippen LogP contribution in [0.5, 0.6) is 5.75 Å². The van der Waals surface area contributed by atoms with Crippen molar-refractivity contribution in [2.45, 2.75) is 25.1 Å². The molecule has 148 valence electrons. The van der Waals surface area contributed by atoms with Crippen molar-refractivity contribution in [1.82, 2.24) is 4.90 Å². The largest absolute Gasteiger partial charge is 0.490 e. The van der Waals surface area contributed by atoms with E-state index in [0.717, 1.165) is 17.7 Å². The van der Waals surface area contributed by atoms with Crippen LogP contribution >= 0.6 is 0 Å². The molecule has 27 heavy (non-hydrogen) atoms. The molecule has 2 aliphatic rings. The van der Waals surface area contributed by atoms with Gasteiger partial charge in [-0.05, 0) is 24.3 Å². The van der Waals surface area contributed by atoms with Crippen LogP contribution in [-0.2, 0) is 9.53 Å². The topological polar surface area (TPSA) is 76.1 Å². The lowest BCUT2D eigenvalue weighted by atomic mass is 9.96. The van der Waals surface area contributed by atoms with Crippen LogP contribution in [-0.4, -0.2) is 60.5 Å². The number of carbonyl (C=O) groups is 2. The highest BCUT2D eigenvalue weighted by atomic mass is 19.4. The minimum absolute atomic E-state index is 0.0303. The Labute approximate surface area is 153 Å². The molecule has 0 bridgehead atoms. The molecule has 2 aliphatic heterocycles. The second-order valence-electron chi connectivity index (χ2n) is 6.76. The van der Waals surface area contributed by atoms with Crippen molar-refractivity contribution in [1.29, 1.82) is 0 Å². The zero-order chi connectivity index (χ0) is 19.6. The highest BCUT2D eigenvalue weighted by molar-refractivity contribution is 5.95. The Balaban J connectivity index is 1.66. The van der Waals surface area contributed by atoms with E-state index in [1.807, 2.05) is 0 Å². The number of benzene rings is 1. The van der Waals surface area contributed by atoms with Crippen molar-refractivity contribution < 1.29 is 37.3 Å². The molecule has 0 unspecified atom stereocenters. The predicted octanol–water partition coefficient (Wildman–Crippen LogP) is 2.58. The number of ether oxygens (including phenoxy) is 2. The third kappa shape index (κ3) is 4.52. The molecule has 0 aliphatic carbocycles. The zero-order valence-corrected chi connectivity index (χ0v) is 14.4. The van der Waals surface area contributed by atoms with Crippen LogP contribution in [0.25, 0.3) is 0 Å². The van der Waals surface area contributed by atoms with Crippen LogP contribution in [0.3, 0.4) is 0 Å². The van der Waals surface area contributed by atoms with E-state index in [9.17, 15) is 22.8 Å². The lowest BCUT2D eigenvalue weighted by Gasteiger charge is -2.23. The summed E-state index contributed by atoms with van der Waals surface area (Å²) < 4.78 is 50.2. The highest BCUT2D eigenvalue weighted by Crippen LogP contribution is 2.38. The first-order chi connectivity index (χ1) is 12.8. The minimum atomic E-state index is -4.67. The van der Waals surface area contributed by atoms with Crippen LogP contribution in [0, 0.1) is 11.8 Å². The predicted molar refractivity (Wildman–Crippen MR) is 87.5 cm³/mol. The quantitative estimate of drug-likeness (QED) is 0.860. The summed E-state index contributed by atoms with van der Waals surface area (Å²) in [6.45, 7) is 0.140. The first-order valence-corrected chi connectivity index (χ1v) is 8.69. The molecule has 1 N–H and O–H groups in total. The van der Waals surface area contributed by atoms with Gasteiger partial charge in [-0.1, -0.05) is 0 Å². The van der Waals surface area contributed by atoms with Crippen LogP contribution in [0.4, 0.5) is 13.2 Å². The summed E-state index contributed by atoms with van der Waals surface area (Å²) in [5.41, 5.74) is 0.196. The summed E-state index contributed by atoms with van der Waals surface area (Å²) in [6, 6.07) is 6.14. The molecule has 2 atom stereocenters. The van der Waals surface area contributed by atoms with Crippen LogP contribution in [0.1, 0.15) is 23.2 Å². The highest BCUT2D eigenvalue weighted by Gasteiger charge is 2.53. The lowest BCUT2D eigenvalue weighted by Crippen LogP contribution is -2.34. The Morgan fingerprint density at radius 1 is 1.11 bits per heavy atom. The third-order valence-electron chi connectivity index (χ3n) is 4.92. The van der Waals surface area contributed by atoms with Gasteiger partial charge in [0.25, 0.3) is 5.91 Å². The second kappa shape index (κ2) is 7.75. The first kappa shape index (κ1) is 19.5. The standard InChI is InChI=1S/C18H20F3NO5/c19-18(20,21)15-10-22(9-14(15)17(24)25)16(23)11-1-3-12(4-2-11)27-13-5-7-26-8-6-13/h1-4,13-15H,5-10H2,(H,24,25)/t14-,15-/m1/s1. The number of nitrogens with zero attached hydrogens (tertiary/aromatic N) is 1. The van der Waals surface area contributed by atoms with Crippen molar-refractivity contribution in [3.63, 3.8) is 0 Å². The summed E-state index contributed by atoms with van der Waals surface area (Å²) in [5.74, 6) is -5.31. The zero-order valence-electron chi connectivity index (χ0n) is 14.4. The van der Waals surface area contributed by atoms with E-state index in [1.165, 1.54) is 12.1 Å². The number of hydrogen-bond donors (Lipinski definition) is 1. The van der Waals surface area contributed by atoms with Gasteiger partial charge in [-0.15, -0.1) is 0 Å². The van der Waals surface area contributed by atoms with E-state index in [4.69, 9.17) is 14.6 Å². The van der Waals surface area contributed by atoms with Crippen LogP contribution in [0.15, 0.2) is 24.3 Å². The first-order valence-electron chi connectivity index (χ1n) is 8.69. The molecule has 0 aromatic heterocycles. The molecule has 0 saturated carbocycles. The Kier molecular flexibility index (Phi) is 5.59. The van der Waals surface area contributed by atoms with Gasteiger partial charge >= 0.3 is 12.1 Å². The average Bonchev–Trinajstić information content (AvgIpc) is 3.09. The number of rotatable bonds is 4. The van der Waals surface area contributed by atoms with E-state index in [-0.39, 0.29) is 11.7 Å². The number of hydrogen-bond acceptors (Lipinski definition) is 4. The smallest absolute Gasteiger partial charge is 0.394 e. The van der Waals surface area contributed by atoms with Gasteiger partial charge in [0.2, 0.25) is 0 Å². The van der Waals surface area contributed by atoms with Crippen molar-refractivity contribution >= 4 is 11.9 Å². The summed E-state index contributed by atoms with van der Waals surface area (Å²) in [7, 11) is 0. The van der Waals surface area contributed by atoms with E-state index < -0.39 is 43.0 Å². The molecule has 1 aromatic carbocycles. The second-order valence-corrected chi connectivity index (χ2v) is 6.76. The molecular weight excluding hydrogens is 367 g/mol. The Morgan fingerprint density at radius 3 is 2.26 bits per heavy atom. The number of aliphatic carboxylic acids is 1. The molecule has 0 radical (unpaired) electrons. The number of halogens is 3. The summed E-state index contributed by atoms with van der Waals surface area (Å²) in [5, 5.41) is 9.05. The summed E-state index contributed by atoms with van der Waals surface area (Å²) >= 11 is 0. The maximum absolute atomic E-state index is 13.1. The fraction of sp³-hybridized carbons (Fsp3) is 0.556. The fourth-order valence-corrected chi connectivity index (χ4v) is 3.40. The Bertz CT molecular complexity index is 685. The molecule has 2 heterocycles. The summed E-state index contributed by atoms with van der Waals surface area (Å²) in [4.78, 5) is 24.6. The van der Waals surface area contributed by atoms with Gasteiger partial charge in [-0.2, -0.15) is 13.2 Å². The number of amides is 1. The normalized spacial score (nSPS) is 24.0. The van der Waals surface area contributed by atoms with Gasteiger partial charge in [-0.25, -0.2) is 0 Å². The van der Waals surface area contributed by atoms with E-state index in [1.54, 1.807) is 12.1 Å². The van der Waals surface area contributed by atoms with Gasteiger partial charge in [0.15, 0.2) is 0 Å². The maximum atomic E-state index is 13.1. The number of carbonyl (C=O) groups excluding carboxylic acids is 1. The van der Waals surface area contributed by atoms with Crippen LogP contribution in [0.2, 0.25) is 0 Å². The van der Waals surface area contributed by atoms with E-state index >= 15 is 0 Å². The molecule has 2 fully saturated rings. The average molecular weight is 387 g/mol. The molecule has 3 rings (SSSR count). The van der Waals surface area contributed by atoms with E-state index in [0.29, 0.717) is 19.0 Å². The van der Waals surface area contributed by atoms with Gasteiger partial charge in [0.05, 0.1) is 25.0 Å². The lowest BCUT2D eigenvalue weighted by molar-refractivity contribution is -0.187. The number of alkyl halides is 3. The third-order valence-corrected chi connectivity index (χ3v) is 4.92. The van der Waals surface area contributed by atoms with Gasteiger partial charge in [0, 0.05) is 31.5 Å².